The van der Waals surface area contributed by atoms with Crippen molar-refractivity contribution in [3.8, 4) is 0 Å². The van der Waals surface area contributed by atoms with Crippen LogP contribution in [0.3, 0.4) is 0 Å². The predicted molar refractivity (Wildman–Crippen MR) is 54.1 cm³/mol. The summed E-state index contributed by atoms with van der Waals surface area (Å²) < 4.78 is 112. The van der Waals surface area contributed by atoms with Crippen LogP contribution in [0.5, 0.6) is 0 Å². The highest BCUT2D eigenvalue weighted by molar-refractivity contribution is 5.79. The Morgan fingerprint density at radius 1 is 0.955 bits per heavy atom. The Balaban J connectivity index is 5.79. The summed E-state index contributed by atoms with van der Waals surface area (Å²) in [6.07, 6.45) is -3.80. The van der Waals surface area contributed by atoms with Crippen molar-refractivity contribution in [1.82, 2.24) is 0 Å². The summed E-state index contributed by atoms with van der Waals surface area (Å²) in [5.41, 5.74) is 0. The number of hydrogen-bond donors (Lipinski definition) is 1. The lowest BCUT2D eigenvalue weighted by Crippen LogP contribution is -2.67. The molecule has 0 aromatic heterocycles. The molecule has 1 N–H and O–H groups in total. The molecule has 0 rings (SSSR count). The van der Waals surface area contributed by atoms with Crippen LogP contribution in [0.2, 0.25) is 0 Å². The first kappa shape index (κ1) is 20.8. The number of ether oxygens (including phenoxy) is 2. The lowest BCUT2D eigenvalue weighted by atomic mass is 9.98. The number of hydrogen-bond acceptors (Lipinski definition) is 4. The van der Waals surface area contributed by atoms with E-state index in [1.54, 1.807) is 0 Å². The number of aliphatic hydroxyl groups excluding tert-OH is 1. The molecule has 0 saturated carbocycles. The van der Waals surface area contributed by atoms with Gasteiger partial charge in [-0.25, -0.2) is 4.79 Å². The fourth-order valence-corrected chi connectivity index (χ4v) is 1.17. The van der Waals surface area contributed by atoms with Crippen molar-refractivity contribution in [2.75, 3.05) is 13.2 Å². The molecule has 0 heterocycles. The highest BCUT2D eigenvalue weighted by atomic mass is 19.4. The van der Waals surface area contributed by atoms with Gasteiger partial charge in [0.1, 0.15) is 0 Å². The van der Waals surface area contributed by atoms with Gasteiger partial charge in [-0.3, -0.25) is 0 Å². The molecular formula is C10H12F8O4. The lowest BCUT2D eigenvalue weighted by molar-refractivity contribution is -0.396. The molecule has 132 valence electrons. The van der Waals surface area contributed by atoms with E-state index in [4.69, 9.17) is 5.11 Å². The molecule has 0 aromatic carbocycles. The molecule has 0 bridgehead atoms. The van der Waals surface area contributed by atoms with E-state index in [1.165, 1.54) is 0 Å². The molecule has 0 aliphatic rings. The van der Waals surface area contributed by atoms with Gasteiger partial charge in [0.2, 0.25) is 6.29 Å². The molecule has 0 aliphatic heterocycles. The van der Waals surface area contributed by atoms with Gasteiger partial charge in [0.15, 0.2) is 0 Å². The van der Waals surface area contributed by atoms with E-state index in [2.05, 4.69) is 9.47 Å². The maximum absolute atomic E-state index is 13.2. The second-order valence-electron chi connectivity index (χ2n) is 3.87. The minimum atomic E-state index is -6.85. The van der Waals surface area contributed by atoms with E-state index in [0.717, 1.165) is 13.8 Å². The molecule has 0 radical (unpaired) electrons. The van der Waals surface area contributed by atoms with Crippen molar-refractivity contribution < 1.29 is 54.5 Å². The van der Waals surface area contributed by atoms with Crippen LogP contribution in [0.4, 0.5) is 35.1 Å². The fourth-order valence-electron chi connectivity index (χ4n) is 1.17. The van der Waals surface area contributed by atoms with Gasteiger partial charge in [-0.05, 0) is 13.8 Å². The number of halogens is 8. The first-order chi connectivity index (χ1) is 9.71. The molecule has 1 unspecified atom stereocenters. The number of alkyl halides is 8. The standard InChI is InChI=1S/C10H12F8O4/c1-3-21-5(19)7(11,12)9(15,16)10(17,18)8(13,14)6(20)22-4-2/h5,19H,3-4H2,1-2H3. The third-order valence-electron chi connectivity index (χ3n) is 2.37. The molecule has 0 aromatic rings. The summed E-state index contributed by atoms with van der Waals surface area (Å²) in [5, 5.41) is 8.64. The van der Waals surface area contributed by atoms with Crippen molar-refractivity contribution in [3.63, 3.8) is 0 Å². The van der Waals surface area contributed by atoms with Gasteiger partial charge in [0, 0.05) is 6.61 Å². The molecule has 0 saturated heterocycles. The van der Waals surface area contributed by atoms with Crippen LogP contribution < -0.4 is 0 Å². The van der Waals surface area contributed by atoms with E-state index in [1.807, 2.05) is 0 Å². The zero-order chi connectivity index (χ0) is 18.0. The summed E-state index contributed by atoms with van der Waals surface area (Å²) >= 11 is 0. The maximum Gasteiger partial charge on any atom is 0.410 e. The van der Waals surface area contributed by atoms with Crippen molar-refractivity contribution in [3.05, 3.63) is 0 Å². The molecular weight excluding hydrogens is 336 g/mol. The van der Waals surface area contributed by atoms with Gasteiger partial charge in [-0.2, -0.15) is 35.1 Å². The molecule has 0 aliphatic carbocycles. The minimum Gasteiger partial charge on any atom is -0.461 e. The highest BCUT2D eigenvalue weighted by Gasteiger charge is 2.84. The molecule has 22 heavy (non-hydrogen) atoms. The van der Waals surface area contributed by atoms with Crippen LogP contribution in [0.1, 0.15) is 13.8 Å². The van der Waals surface area contributed by atoms with E-state index in [9.17, 15) is 39.9 Å². The van der Waals surface area contributed by atoms with Crippen LogP contribution in [0, 0.1) is 0 Å². The van der Waals surface area contributed by atoms with Gasteiger partial charge in [0.05, 0.1) is 6.61 Å². The zero-order valence-electron chi connectivity index (χ0n) is 11.2. The Kier molecular flexibility index (Phi) is 6.18. The monoisotopic (exact) mass is 348 g/mol. The van der Waals surface area contributed by atoms with Crippen molar-refractivity contribution in [1.29, 1.82) is 0 Å². The van der Waals surface area contributed by atoms with Crippen molar-refractivity contribution >= 4 is 5.97 Å². The Labute approximate surface area is 119 Å². The number of esters is 1. The van der Waals surface area contributed by atoms with Crippen LogP contribution in [-0.4, -0.2) is 54.3 Å². The summed E-state index contributed by atoms with van der Waals surface area (Å²) in [4.78, 5) is 10.7. The number of aliphatic hydroxyl groups is 1. The van der Waals surface area contributed by atoms with Gasteiger partial charge in [-0.1, -0.05) is 0 Å². The molecule has 1 atom stereocenters. The first-order valence-electron chi connectivity index (χ1n) is 5.69. The Morgan fingerprint density at radius 3 is 1.77 bits per heavy atom. The van der Waals surface area contributed by atoms with E-state index in [0.29, 0.717) is 0 Å². The third kappa shape index (κ3) is 3.12. The second-order valence-corrected chi connectivity index (χ2v) is 3.87. The third-order valence-corrected chi connectivity index (χ3v) is 2.37. The van der Waals surface area contributed by atoms with E-state index in [-0.39, 0.29) is 0 Å². The van der Waals surface area contributed by atoms with Crippen LogP contribution in [0.15, 0.2) is 0 Å². The average molecular weight is 348 g/mol. The smallest absolute Gasteiger partial charge is 0.410 e. The summed E-state index contributed by atoms with van der Waals surface area (Å²) in [7, 11) is 0. The average Bonchev–Trinajstić information content (AvgIpc) is 2.38. The van der Waals surface area contributed by atoms with Gasteiger partial charge < -0.3 is 14.6 Å². The van der Waals surface area contributed by atoms with E-state index < -0.39 is 49.2 Å². The Bertz CT molecular complexity index is 398. The highest BCUT2D eigenvalue weighted by Crippen LogP contribution is 2.54. The van der Waals surface area contributed by atoms with Gasteiger partial charge in [0.25, 0.3) is 0 Å². The molecule has 12 heteroatoms. The lowest BCUT2D eigenvalue weighted by Gasteiger charge is -2.37. The van der Waals surface area contributed by atoms with Crippen LogP contribution in [0.25, 0.3) is 0 Å². The molecule has 0 amide bonds. The maximum atomic E-state index is 13.2. The van der Waals surface area contributed by atoms with Crippen LogP contribution >= 0.6 is 0 Å². The molecule has 0 fully saturated rings. The summed E-state index contributed by atoms with van der Waals surface area (Å²) in [6.45, 7) is 0.168. The largest absolute Gasteiger partial charge is 0.461 e. The van der Waals surface area contributed by atoms with Gasteiger partial charge >= 0.3 is 29.7 Å². The summed E-state index contributed by atoms with van der Waals surface area (Å²) in [5.74, 6) is -29.1. The molecule has 0 spiro atoms. The first-order valence-corrected chi connectivity index (χ1v) is 5.69. The quantitative estimate of drug-likeness (QED) is 0.416. The van der Waals surface area contributed by atoms with Crippen molar-refractivity contribution in [2.24, 2.45) is 0 Å². The minimum absolute atomic E-state index is 0.799. The second kappa shape index (κ2) is 6.52. The number of carbonyl (C=O) groups excluding carboxylic acids is 1. The van der Waals surface area contributed by atoms with Gasteiger partial charge in [-0.15, -0.1) is 0 Å². The number of rotatable bonds is 8. The van der Waals surface area contributed by atoms with Crippen molar-refractivity contribution in [2.45, 2.75) is 43.8 Å². The molecule has 4 nitrogen and oxygen atoms in total. The summed E-state index contributed by atoms with van der Waals surface area (Å²) in [6, 6.07) is 0. The van der Waals surface area contributed by atoms with Crippen LogP contribution in [-0.2, 0) is 14.3 Å². The van der Waals surface area contributed by atoms with E-state index >= 15 is 0 Å². The topological polar surface area (TPSA) is 55.8 Å². The Morgan fingerprint density at radius 2 is 1.41 bits per heavy atom. The normalized spacial score (nSPS) is 15.6. The fraction of sp³-hybridized carbons (Fsp3) is 0.900. The SMILES string of the molecule is CCOC(=O)C(F)(F)C(F)(F)C(F)(F)C(F)(F)C(O)OCC. The zero-order valence-corrected chi connectivity index (χ0v) is 11.2. The number of carbonyl (C=O) groups is 1. The Hall–Kier alpha value is -1.17. The predicted octanol–water partition coefficient (Wildman–Crippen LogP) is 2.45.